The average molecular weight is 616 g/mol. The molecule has 0 saturated carbocycles. The van der Waals surface area contributed by atoms with E-state index in [-0.39, 0.29) is 0 Å². The lowest BCUT2D eigenvalue weighted by Gasteiger charge is -2.24. The minimum absolute atomic E-state index is 0.349. The van der Waals surface area contributed by atoms with Gasteiger partial charge in [0.1, 0.15) is 6.23 Å². The van der Waals surface area contributed by atoms with Gasteiger partial charge in [0.25, 0.3) is 0 Å². The van der Waals surface area contributed by atoms with Gasteiger partial charge in [-0.15, -0.1) is 0 Å². The zero-order chi connectivity index (χ0) is 32.7. The van der Waals surface area contributed by atoms with Gasteiger partial charge in [-0.1, -0.05) is 113 Å². The number of aliphatic hydroxyl groups excluding tert-OH is 1. The van der Waals surface area contributed by atoms with E-state index in [1.807, 2.05) is 26.1 Å². The molecular formula is C39H61N5O. The maximum Gasteiger partial charge on any atom is 0.109 e. The van der Waals surface area contributed by atoms with Gasteiger partial charge in [-0.25, -0.2) is 0 Å². The van der Waals surface area contributed by atoms with Crippen molar-refractivity contribution in [2.24, 2.45) is 0 Å². The molecule has 0 radical (unpaired) electrons. The van der Waals surface area contributed by atoms with Crippen molar-refractivity contribution in [2.75, 3.05) is 39.3 Å². The lowest BCUT2D eigenvalue weighted by molar-refractivity contribution is 0.140. The van der Waals surface area contributed by atoms with Crippen LogP contribution in [0.4, 0.5) is 0 Å². The second kappa shape index (κ2) is 23.4. The summed E-state index contributed by atoms with van der Waals surface area (Å²) in [5.74, 6) is 0. The van der Waals surface area contributed by atoms with Crippen molar-refractivity contribution in [3.05, 3.63) is 113 Å². The first-order valence-electron chi connectivity index (χ1n) is 17.1. The monoisotopic (exact) mass is 615 g/mol. The van der Waals surface area contributed by atoms with Crippen LogP contribution in [0.5, 0.6) is 0 Å². The second-order valence-electron chi connectivity index (χ2n) is 11.7. The van der Waals surface area contributed by atoms with Crippen molar-refractivity contribution < 1.29 is 5.11 Å². The van der Waals surface area contributed by atoms with Crippen LogP contribution >= 0.6 is 0 Å². The lowest BCUT2D eigenvalue weighted by Crippen LogP contribution is -2.40. The molecule has 0 aliphatic carbocycles. The number of aliphatic hydroxyl groups is 1. The van der Waals surface area contributed by atoms with Crippen LogP contribution in [0, 0.1) is 6.92 Å². The average Bonchev–Trinajstić information content (AvgIpc) is 3.06. The van der Waals surface area contributed by atoms with E-state index in [4.69, 9.17) is 0 Å². The number of dihydropyridines is 1. The van der Waals surface area contributed by atoms with Crippen LogP contribution in [0.3, 0.4) is 0 Å². The quantitative estimate of drug-likeness (QED) is 0.0612. The Morgan fingerprint density at radius 2 is 1.73 bits per heavy atom. The number of benzene rings is 2. The van der Waals surface area contributed by atoms with Crippen LogP contribution in [0.15, 0.2) is 91.2 Å². The molecule has 2 aromatic rings. The SMILES string of the molecule is C=C(C)CNCCN(CCNCC1C=CC=CN1)Cc1ccc(CN[C@H](O)C/C(=C/CCCC)c2ccccc2C)cc1.CC. The minimum atomic E-state index is -0.600. The molecule has 0 aromatic heterocycles. The fraction of sp³-hybridized carbons (Fsp3) is 0.487. The van der Waals surface area contributed by atoms with E-state index in [0.29, 0.717) is 19.0 Å². The third kappa shape index (κ3) is 16.2. The molecule has 1 aliphatic heterocycles. The van der Waals surface area contributed by atoms with Gasteiger partial charge in [0, 0.05) is 58.8 Å². The number of allylic oxidation sites excluding steroid dienone is 3. The summed E-state index contributed by atoms with van der Waals surface area (Å²) in [5, 5.41) is 24.7. The summed E-state index contributed by atoms with van der Waals surface area (Å²) in [7, 11) is 0. The van der Waals surface area contributed by atoms with E-state index in [2.05, 4.69) is 120 Å². The number of nitrogens with one attached hydrogen (secondary N) is 4. The summed E-state index contributed by atoms with van der Waals surface area (Å²) in [5.41, 5.74) is 7.33. The summed E-state index contributed by atoms with van der Waals surface area (Å²) >= 11 is 0. The third-order valence-electron chi connectivity index (χ3n) is 7.69. The first kappa shape index (κ1) is 38.2. The van der Waals surface area contributed by atoms with Gasteiger partial charge in [0.2, 0.25) is 0 Å². The number of rotatable bonds is 21. The van der Waals surface area contributed by atoms with E-state index >= 15 is 0 Å². The Morgan fingerprint density at radius 1 is 1.02 bits per heavy atom. The molecule has 6 nitrogen and oxygen atoms in total. The molecule has 2 aromatic carbocycles. The zero-order valence-corrected chi connectivity index (χ0v) is 28.7. The Hall–Kier alpha value is -3.00. The highest BCUT2D eigenvalue weighted by Crippen LogP contribution is 2.24. The molecule has 1 unspecified atom stereocenters. The Kier molecular flexibility index (Phi) is 19.8. The number of nitrogens with zero attached hydrogens (tertiary/aromatic N) is 1. The molecule has 0 saturated heterocycles. The summed E-state index contributed by atoms with van der Waals surface area (Å²) < 4.78 is 0. The van der Waals surface area contributed by atoms with Gasteiger partial charge < -0.3 is 21.1 Å². The molecule has 45 heavy (non-hydrogen) atoms. The van der Waals surface area contributed by atoms with E-state index in [1.54, 1.807) is 0 Å². The van der Waals surface area contributed by atoms with E-state index in [0.717, 1.165) is 64.2 Å². The maximum absolute atomic E-state index is 10.9. The molecule has 1 heterocycles. The van der Waals surface area contributed by atoms with E-state index in [9.17, 15) is 5.11 Å². The smallest absolute Gasteiger partial charge is 0.109 e. The van der Waals surface area contributed by atoms with Gasteiger partial charge in [-0.2, -0.15) is 0 Å². The Bertz CT molecular complexity index is 1170. The molecule has 3 rings (SSSR count). The highest BCUT2D eigenvalue weighted by molar-refractivity contribution is 5.68. The van der Waals surface area contributed by atoms with Crippen molar-refractivity contribution in [3.63, 3.8) is 0 Å². The van der Waals surface area contributed by atoms with Crippen LogP contribution in [0.1, 0.15) is 75.6 Å². The van der Waals surface area contributed by atoms with Crippen LogP contribution < -0.4 is 21.3 Å². The number of hydrogen-bond donors (Lipinski definition) is 5. The summed E-state index contributed by atoms with van der Waals surface area (Å²) in [6, 6.07) is 17.6. The van der Waals surface area contributed by atoms with Crippen molar-refractivity contribution in [3.8, 4) is 0 Å². The van der Waals surface area contributed by atoms with Crippen molar-refractivity contribution in [1.82, 2.24) is 26.2 Å². The Balaban J connectivity index is 0.00000345. The van der Waals surface area contributed by atoms with Gasteiger partial charge in [0.15, 0.2) is 0 Å². The highest BCUT2D eigenvalue weighted by atomic mass is 16.3. The third-order valence-corrected chi connectivity index (χ3v) is 7.69. The fourth-order valence-corrected chi connectivity index (χ4v) is 5.17. The van der Waals surface area contributed by atoms with Gasteiger partial charge in [-0.05, 0) is 60.4 Å². The molecule has 0 fully saturated rings. The van der Waals surface area contributed by atoms with Crippen LogP contribution in [-0.2, 0) is 13.1 Å². The molecule has 0 amide bonds. The number of hydrogen-bond acceptors (Lipinski definition) is 6. The second-order valence-corrected chi connectivity index (χ2v) is 11.7. The largest absolute Gasteiger partial charge is 0.383 e. The number of unbranched alkanes of at least 4 members (excludes halogenated alkanes) is 2. The molecule has 248 valence electrons. The van der Waals surface area contributed by atoms with Gasteiger partial charge >= 0.3 is 0 Å². The molecule has 6 heteroatoms. The van der Waals surface area contributed by atoms with E-state index < -0.39 is 6.23 Å². The van der Waals surface area contributed by atoms with Crippen molar-refractivity contribution in [1.29, 1.82) is 0 Å². The highest BCUT2D eigenvalue weighted by Gasteiger charge is 2.12. The Labute approximate surface area is 274 Å². The maximum atomic E-state index is 10.9. The van der Waals surface area contributed by atoms with Crippen molar-refractivity contribution in [2.45, 2.75) is 85.7 Å². The summed E-state index contributed by atoms with van der Waals surface area (Å²) in [4.78, 5) is 2.50. The fourth-order valence-electron chi connectivity index (χ4n) is 5.17. The number of aryl methyl sites for hydroxylation is 1. The molecule has 5 N–H and O–H groups in total. The summed E-state index contributed by atoms with van der Waals surface area (Å²) in [6.07, 6.45) is 14.0. The molecular weight excluding hydrogens is 554 g/mol. The van der Waals surface area contributed by atoms with Gasteiger partial charge in [0.05, 0.1) is 6.04 Å². The van der Waals surface area contributed by atoms with Gasteiger partial charge in [-0.3, -0.25) is 10.2 Å². The topological polar surface area (TPSA) is 71.6 Å². The molecule has 2 atom stereocenters. The molecule has 0 spiro atoms. The lowest BCUT2D eigenvalue weighted by atomic mass is 9.96. The zero-order valence-electron chi connectivity index (χ0n) is 28.7. The predicted molar refractivity (Wildman–Crippen MR) is 195 cm³/mol. The van der Waals surface area contributed by atoms with Crippen LogP contribution in [0.2, 0.25) is 0 Å². The molecule has 1 aliphatic rings. The Morgan fingerprint density at radius 3 is 2.40 bits per heavy atom. The normalized spacial score (nSPS) is 15.0. The summed E-state index contributed by atoms with van der Waals surface area (Å²) in [6.45, 7) is 21.5. The molecule has 0 bridgehead atoms. The first-order valence-corrected chi connectivity index (χ1v) is 17.1. The van der Waals surface area contributed by atoms with Crippen LogP contribution in [-0.4, -0.2) is 61.5 Å². The predicted octanol–water partition coefficient (Wildman–Crippen LogP) is 6.69. The van der Waals surface area contributed by atoms with E-state index in [1.165, 1.54) is 34.2 Å². The first-order chi connectivity index (χ1) is 21.9. The standard InChI is InChI=1S/C37H55N5O.C2H6/c1-5-6-7-13-34(36-15-9-8-12-31(36)4)25-37(43)41-27-32-16-18-33(19-17-32)29-42(23-21-38-26-30(2)3)24-22-39-28-35-14-10-11-20-40-35;1-2/h8-20,35,37-41,43H,2,5-7,21-29H2,1,3-4H3;1-2H3/b34-13-;/t35?,37-;/m1./s1. The minimum Gasteiger partial charge on any atom is -0.383 e. The van der Waals surface area contributed by atoms with Crippen molar-refractivity contribution >= 4 is 5.57 Å². The van der Waals surface area contributed by atoms with Crippen LogP contribution in [0.25, 0.3) is 5.57 Å².